The molecule has 0 saturated heterocycles. The van der Waals surface area contributed by atoms with Crippen molar-refractivity contribution < 1.29 is 14.3 Å². The van der Waals surface area contributed by atoms with E-state index in [0.29, 0.717) is 13.2 Å². The molecule has 1 aromatic heterocycles. The Morgan fingerprint density at radius 3 is 2.62 bits per heavy atom. The highest BCUT2D eigenvalue weighted by Crippen LogP contribution is 2.20. The van der Waals surface area contributed by atoms with Gasteiger partial charge in [0.1, 0.15) is 12.6 Å². The maximum absolute atomic E-state index is 11.3. The standard InChI is InChI=1S/C20H28N2O3Si/c1-24-19(23)12-8-11-18-15-21-20(17-9-6-5-7-10-17)22(18)16-25-13-14-26(2,3)4/h5-10,12,15H,11,13-14,16H2,1-4H3/b12-8+. The first kappa shape index (κ1) is 20.1. The lowest BCUT2D eigenvalue weighted by molar-refractivity contribution is -0.134. The van der Waals surface area contributed by atoms with Gasteiger partial charge in [-0.2, -0.15) is 0 Å². The number of carbonyl (C=O) groups excluding carboxylic acids is 1. The summed E-state index contributed by atoms with van der Waals surface area (Å²) >= 11 is 0. The third-order valence-corrected chi connectivity index (χ3v) is 5.67. The molecule has 140 valence electrons. The monoisotopic (exact) mass is 372 g/mol. The van der Waals surface area contributed by atoms with Gasteiger partial charge in [0.2, 0.25) is 0 Å². The molecule has 2 rings (SSSR count). The second-order valence-corrected chi connectivity index (χ2v) is 13.0. The summed E-state index contributed by atoms with van der Waals surface area (Å²) in [6.45, 7) is 8.22. The highest BCUT2D eigenvalue weighted by molar-refractivity contribution is 6.76. The second-order valence-electron chi connectivity index (χ2n) is 7.34. The van der Waals surface area contributed by atoms with E-state index < -0.39 is 8.07 Å². The molecular weight excluding hydrogens is 344 g/mol. The van der Waals surface area contributed by atoms with Crippen molar-refractivity contribution in [3.63, 3.8) is 0 Å². The molecule has 1 aromatic carbocycles. The Kier molecular flexibility index (Phi) is 7.35. The first-order chi connectivity index (χ1) is 12.4. The van der Waals surface area contributed by atoms with Crippen LogP contribution >= 0.6 is 0 Å². The molecule has 0 aliphatic carbocycles. The molecule has 0 amide bonds. The number of aromatic nitrogens is 2. The van der Waals surface area contributed by atoms with E-state index in [0.717, 1.165) is 29.7 Å². The van der Waals surface area contributed by atoms with E-state index in [-0.39, 0.29) is 5.97 Å². The van der Waals surface area contributed by atoms with Crippen molar-refractivity contribution in [2.24, 2.45) is 0 Å². The summed E-state index contributed by atoms with van der Waals surface area (Å²) in [7, 11) is 0.251. The Morgan fingerprint density at radius 1 is 1.23 bits per heavy atom. The van der Waals surface area contributed by atoms with Crippen LogP contribution in [0.2, 0.25) is 25.7 Å². The Morgan fingerprint density at radius 2 is 1.96 bits per heavy atom. The second kappa shape index (κ2) is 9.50. The number of hydrogen-bond acceptors (Lipinski definition) is 4. The van der Waals surface area contributed by atoms with Gasteiger partial charge < -0.3 is 14.0 Å². The predicted molar refractivity (Wildman–Crippen MR) is 107 cm³/mol. The molecule has 6 heteroatoms. The Bertz CT molecular complexity index is 733. The smallest absolute Gasteiger partial charge is 0.330 e. The fourth-order valence-corrected chi connectivity index (χ4v) is 3.17. The third-order valence-electron chi connectivity index (χ3n) is 3.97. The van der Waals surface area contributed by atoms with Crippen LogP contribution in [-0.4, -0.2) is 37.3 Å². The summed E-state index contributed by atoms with van der Waals surface area (Å²) in [5.74, 6) is 0.519. The van der Waals surface area contributed by atoms with Crippen LogP contribution < -0.4 is 0 Å². The predicted octanol–water partition coefficient (Wildman–Crippen LogP) is 4.13. The van der Waals surface area contributed by atoms with Crippen molar-refractivity contribution in [2.45, 2.75) is 38.8 Å². The molecule has 0 fully saturated rings. The van der Waals surface area contributed by atoms with Crippen LogP contribution in [-0.2, 0) is 27.4 Å². The minimum absolute atomic E-state index is 0.356. The van der Waals surface area contributed by atoms with Gasteiger partial charge in [0.05, 0.1) is 7.11 Å². The van der Waals surface area contributed by atoms with E-state index in [1.807, 2.05) is 36.5 Å². The number of methoxy groups -OCH3 is 1. The van der Waals surface area contributed by atoms with Crippen molar-refractivity contribution in [2.75, 3.05) is 13.7 Å². The highest BCUT2D eigenvalue weighted by Gasteiger charge is 2.14. The van der Waals surface area contributed by atoms with Gasteiger partial charge in [-0.1, -0.05) is 56.0 Å². The number of carbonyl (C=O) groups is 1. The quantitative estimate of drug-likeness (QED) is 0.287. The summed E-state index contributed by atoms with van der Waals surface area (Å²) < 4.78 is 12.7. The van der Waals surface area contributed by atoms with Crippen molar-refractivity contribution in [3.8, 4) is 11.4 Å². The first-order valence-electron chi connectivity index (χ1n) is 8.83. The Labute approximate surface area is 156 Å². The van der Waals surface area contributed by atoms with Crippen molar-refractivity contribution in [1.29, 1.82) is 0 Å². The zero-order valence-corrected chi connectivity index (χ0v) is 17.1. The number of benzene rings is 1. The average molecular weight is 373 g/mol. The molecule has 0 bridgehead atoms. The van der Waals surface area contributed by atoms with E-state index >= 15 is 0 Å². The molecule has 0 N–H and O–H groups in total. The van der Waals surface area contributed by atoms with E-state index in [2.05, 4.69) is 33.9 Å². The zero-order valence-electron chi connectivity index (χ0n) is 16.1. The molecule has 1 heterocycles. The first-order valence-corrected chi connectivity index (χ1v) is 12.5. The number of hydrogen-bond donors (Lipinski definition) is 0. The fraction of sp³-hybridized carbons (Fsp3) is 0.400. The normalized spacial score (nSPS) is 11.8. The number of imidazole rings is 1. The minimum atomic E-state index is -1.12. The molecule has 0 aliphatic heterocycles. The zero-order chi connectivity index (χ0) is 19.0. The van der Waals surface area contributed by atoms with E-state index in [1.54, 1.807) is 6.08 Å². The molecule has 0 spiro atoms. The lowest BCUT2D eigenvalue weighted by Gasteiger charge is -2.17. The van der Waals surface area contributed by atoms with Crippen LogP contribution in [0.4, 0.5) is 0 Å². The van der Waals surface area contributed by atoms with E-state index in [9.17, 15) is 4.79 Å². The van der Waals surface area contributed by atoms with Crippen LogP contribution in [0.15, 0.2) is 48.7 Å². The maximum atomic E-state index is 11.3. The molecule has 0 aliphatic rings. The highest BCUT2D eigenvalue weighted by atomic mass is 28.3. The summed E-state index contributed by atoms with van der Waals surface area (Å²) in [5, 5.41) is 0. The van der Waals surface area contributed by atoms with Gasteiger partial charge in [-0.3, -0.25) is 0 Å². The van der Waals surface area contributed by atoms with Gasteiger partial charge in [0.25, 0.3) is 0 Å². The lowest BCUT2D eigenvalue weighted by Crippen LogP contribution is -2.22. The molecule has 0 radical (unpaired) electrons. The van der Waals surface area contributed by atoms with Crippen molar-refractivity contribution in [1.82, 2.24) is 9.55 Å². The average Bonchev–Trinajstić information content (AvgIpc) is 3.01. The van der Waals surface area contributed by atoms with Crippen LogP contribution in [0.1, 0.15) is 5.69 Å². The van der Waals surface area contributed by atoms with Crippen LogP contribution in [0.3, 0.4) is 0 Å². The number of nitrogens with zero attached hydrogens (tertiary/aromatic N) is 2. The number of allylic oxidation sites excluding steroid dienone is 1. The van der Waals surface area contributed by atoms with Gasteiger partial charge in [0.15, 0.2) is 0 Å². The third kappa shape index (κ3) is 6.27. The van der Waals surface area contributed by atoms with Gasteiger partial charge in [-0.15, -0.1) is 0 Å². The van der Waals surface area contributed by atoms with E-state index in [4.69, 9.17) is 4.74 Å². The SMILES string of the molecule is COC(=O)/C=C/Cc1cnc(-c2ccccc2)n1COCC[Si](C)(C)C. The fourth-order valence-electron chi connectivity index (χ4n) is 2.41. The molecule has 0 unspecified atom stereocenters. The van der Waals surface area contributed by atoms with Gasteiger partial charge in [0, 0.05) is 44.6 Å². The lowest BCUT2D eigenvalue weighted by atomic mass is 10.2. The topological polar surface area (TPSA) is 53.3 Å². The molecule has 0 atom stereocenters. The number of ether oxygens (including phenoxy) is 2. The van der Waals surface area contributed by atoms with Crippen molar-refractivity contribution in [3.05, 3.63) is 54.4 Å². The van der Waals surface area contributed by atoms with Gasteiger partial charge in [-0.25, -0.2) is 9.78 Å². The largest absolute Gasteiger partial charge is 0.466 e. The van der Waals surface area contributed by atoms with Crippen LogP contribution in [0.5, 0.6) is 0 Å². The van der Waals surface area contributed by atoms with Gasteiger partial charge >= 0.3 is 5.97 Å². The molecule has 5 nitrogen and oxygen atoms in total. The van der Waals surface area contributed by atoms with E-state index in [1.165, 1.54) is 13.2 Å². The number of esters is 1. The molecule has 26 heavy (non-hydrogen) atoms. The Hall–Kier alpha value is -2.18. The summed E-state index contributed by atoms with van der Waals surface area (Å²) in [6, 6.07) is 11.2. The summed E-state index contributed by atoms with van der Waals surface area (Å²) in [5.41, 5.74) is 2.04. The molecule has 0 saturated carbocycles. The molecular formula is C20H28N2O3Si. The summed E-state index contributed by atoms with van der Waals surface area (Å²) in [4.78, 5) is 15.8. The van der Waals surface area contributed by atoms with Gasteiger partial charge in [-0.05, 0) is 6.04 Å². The summed E-state index contributed by atoms with van der Waals surface area (Å²) in [6.07, 6.45) is 5.65. The molecule has 2 aromatic rings. The van der Waals surface area contributed by atoms with Crippen LogP contribution in [0.25, 0.3) is 11.4 Å². The van der Waals surface area contributed by atoms with Crippen LogP contribution in [0, 0.1) is 0 Å². The van der Waals surface area contributed by atoms with Crippen molar-refractivity contribution >= 4 is 14.0 Å². The minimum Gasteiger partial charge on any atom is -0.466 e. The maximum Gasteiger partial charge on any atom is 0.330 e. The number of rotatable bonds is 9. The Balaban J connectivity index is 2.15.